The SMILES string of the molecule is CNc1nc(Cl)cc(C2(NC(=O)[C@H]3CC[C@@H](C)NC3)CCCCC2)n1. The van der Waals surface area contributed by atoms with Crippen molar-refractivity contribution in [3.05, 3.63) is 16.9 Å². The summed E-state index contributed by atoms with van der Waals surface area (Å²) in [5.41, 5.74) is 0.387. The van der Waals surface area contributed by atoms with E-state index in [0.29, 0.717) is 17.1 Å². The number of piperidine rings is 1. The fourth-order valence-electron chi connectivity index (χ4n) is 3.94. The van der Waals surface area contributed by atoms with Crippen LogP contribution in [-0.2, 0) is 10.3 Å². The molecule has 138 valence electrons. The number of carbonyl (C=O) groups is 1. The summed E-state index contributed by atoms with van der Waals surface area (Å²) in [4.78, 5) is 21.7. The van der Waals surface area contributed by atoms with Crippen molar-refractivity contribution < 1.29 is 4.79 Å². The molecule has 3 N–H and O–H groups in total. The minimum atomic E-state index is -0.434. The van der Waals surface area contributed by atoms with Gasteiger partial charge in [0, 0.05) is 19.6 Å². The third-order valence-electron chi connectivity index (χ3n) is 5.51. The molecule has 6 nitrogen and oxygen atoms in total. The summed E-state index contributed by atoms with van der Waals surface area (Å²) in [6, 6.07) is 2.29. The van der Waals surface area contributed by atoms with Gasteiger partial charge in [0.05, 0.1) is 17.2 Å². The molecule has 7 heteroatoms. The van der Waals surface area contributed by atoms with Crippen LogP contribution in [0, 0.1) is 5.92 Å². The van der Waals surface area contributed by atoms with Crippen LogP contribution in [0.4, 0.5) is 5.95 Å². The number of nitrogens with one attached hydrogen (secondary N) is 3. The fourth-order valence-corrected chi connectivity index (χ4v) is 4.12. The Morgan fingerprint density at radius 2 is 2.04 bits per heavy atom. The highest BCUT2D eigenvalue weighted by molar-refractivity contribution is 6.29. The molecule has 1 amide bonds. The smallest absolute Gasteiger partial charge is 0.225 e. The van der Waals surface area contributed by atoms with E-state index in [1.165, 1.54) is 6.42 Å². The standard InChI is InChI=1S/C18H28ClN5O/c1-12-6-7-13(11-21-12)16(25)24-18(8-4-3-5-9-18)14-10-15(19)23-17(20-2)22-14/h10,12-13,21H,3-9,11H2,1-2H3,(H,24,25)(H,20,22,23)/t12-,13+/m1/s1. The van der Waals surface area contributed by atoms with Crippen LogP contribution in [0.2, 0.25) is 5.15 Å². The quantitative estimate of drug-likeness (QED) is 0.715. The third kappa shape index (κ3) is 4.23. The van der Waals surface area contributed by atoms with Crippen LogP contribution in [0.5, 0.6) is 0 Å². The van der Waals surface area contributed by atoms with Gasteiger partial charge in [-0.1, -0.05) is 30.9 Å². The zero-order chi connectivity index (χ0) is 17.9. The lowest BCUT2D eigenvalue weighted by Crippen LogP contribution is -2.52. The van der Waals surface area contributed by atoms with Crippen LogP contribution >= 0.6 is 11.6 Å². The Bertz CT molecular complexity index is 609. The molecule has 0 radical (unpaired) electrons. The summed E-state index contributed by atoms with van der Waals surface area (Å²) in [6.45, 7) is 2.91. The zero-order valence-electron chi connectivity index (χ0n) is 15.1. The average Bonchev–Trinajstić information content (AvgIpc) is 2.62. The summed E-state index contributed by atoms with van der Waals surface area (Å²) in [7, 11) is 1.77. The molecule has 1 saturated heterocycles. The van der Waals surface area contributed by atoms with Gasteiger partial charge in [0.2, 0.25) is 11.9 Å². The molecule has 2 aliphatic rings. The average molecular weight is 366 g/mol. The first kappa shape index (κ1) is 18.4. The van der Waals surface area contributed by atoms with E-state index >= 15 is 0 Å². The molecule has 0 aromatic carbocycles. The van der Waals surface area contributed by atoms with Crippen LogP contribution in [-0.4, -0.2) is 35.5 Å². The lowest BCUT2D eigenvalue weighted by atomic mass is 9.78. The highest BCUT2D eigenvalue weighted by atomic mass is 35.5. The molecule has 0 bridgehead atoms. The van der Waals surface area contributed by atoms with E-state index in [1.807, 2.05) is 0 Å². The summed E-state index contributed by atoms with van der Waals surface area (Å²) in [5, 5.41) is 10.1. The molecule has 1 saturated carbocycles. The van der Waals surface area contributed by atoms with Gasteiger partial charge in [0.25, 0.3) is 0 Å². The van der Waals surface area contributed by atoms with Gasteiger partial charge in [-0.3, -0.25) is 4.79 Å². The van der Waals surface area contributed by atoms with Crippen molar-refractivity contribution in [2.75, 3.05) is 18.9 Å². The Hall–Kier alpha value is -1.40. The molecule has 2 heterocycles. The van der Waals surface area contributed by atoms with E-state index in [4.69, 9.17) is 11.6 Å². The first-order valence-corrected chi connectivity index (χ1v) is 9.68. The molecule has 0 spiro atoms. The number of hydrogen-bond acceptors (Lipinski definition) is 5. The number of halogens is 1. The molecule has 3 rings (SSSR count). The summed E-state index contributed by atoms with van der Waals surface area (Å²) in [6.07, 6.45) is 7.11. The van der Waals surface area contributed by atoms with E-state index in [-0.39, 0.29) is 11.8 Å². The second kappa shape index (κ2) is 7.87. The lowest BCUT2D eigenvalue weighted by Gasteiger charge is -2.39. The topological polar surface area (TPSA) is 78.9 Å². The number of rotatable bonds is 4. The minimum absolute atomic E-state index is 0.0241. The van der Waals surface area contributed by atoms with Crippen molar-refractivity contribution in [3.63, 3.8) is 0 Å². The van der Waals surface area contributed by atoms with Gasteiger partial charge in [-0.25, -0.2) is 9.97 Å². The van der Waals surface area contributed by atoms with Crippen molar-refractivity contribution >= 4 is 23.5 Å². The van der Waals surface area contributed by atoms with Gasteiger partial charge in [-0.2, -0.15) is 0 Å². The van der Waals surface area contributed by atoms with Gasteiger partial charge in [-0.05, 0) is 38.7 Å². The maximum Gasteiger partial charge on any atom is 0.225 e. The number of carbonyl (C=O) groups excluding carboxylic acids is 1. The van der Waals surface area contributed by atoms with Gasteiger partial charge in [-0.15, -0.1) is 0 Å². The molecule has 1 aromatic rings. The maximum atomic E-state index is 12.9. The Kier molecular flexibility index (Phi) is 5.79. The molecular formula is C18H28ClN5O. The molecular weight excluding hydrogens is 338 g/mol. The number of anilines is 1. The fraction of sp³-hybridized carbons (Fsp3) is 0.722. The van der Waals surface area contributed by atoms with Crippen molar-refractivity contribution in [2.24, 2.45) is 5.92 Å². The van der Waals surface area contributed by atoms with E-state index in [9.17, 15) is 4.79 Å². The predicted octanol–water partition coefficient (Wildman–Crippen LogP) is 2.84. The maximum absolute atomic E-state index is 12.9. The van der Waals surface area contributed by atoms with E-state index in [1.54, 1.807) is 13.1 Å². The monoisotopic (exact) mass is 365 g/mol. The predicted molar refractivity (Wildman–Crippen MR) is 99.7 cm³/mol. The van der Waals surface area contributed by atoms with Gasteiger partial charge >= 0.3 is 0 Å². The normalized spacial score (nSPS) is 26.0. The van der Waals surface area contributed by atoms with Crippen LogP contribution in [0.15, 0.2) is 6.07 Å². The Morgan fingerprint density at radius 1 is 1.28 bits per heavy atom. The zero-order valence-corrected chi connectivity index (χ0v) is 15.8. The van der Waals surface area contributed by atoms with Crippen LogP contribution < -0.4 is 16.0 Å². The van der Waals surface area contributed by atoms with Gasteiger partial charge < -0.3 is 16.0 Å². The molecule has 1 aromatic heterocycles. The van der Waals surface area contributed by atoms with Crippen molar-refractivity contribution in [3.8, 4) is 0 Å². The van der Waals surface area contributed by atoms with Crippen LogP contribution in [0.25, 0.3) is 0 Å². The van der Waals surface area contributed by atoms with Gasteiger partial charge in [0.1, 0.15) is 5.15 Å². The van der Waals surface area contributed by atoms with Crippen LogP contribution in [0.3, 0.4) is 0 Å². The van der Waals surface area contributed by atoms with E-state index in [2.05, 4.69) is 32.8 Å². The highest BCUT2D eigenvalue weighted by Crippen LogP contribution is 2.37. The lowest BCUT2D eigenvalue weighted by molar-refractivity contribution is -0.128. The van der Waals surface area contributed by atoms with Crippen molar-refractivity contribution in [2.45, 2.75) is 63.5 Å². The summed E-state index contributed by atoms with van der Waals surface area (Å²) in [5.74, 6) is 0.646. The Morgan fingerprint density at radius 3 is 2.68 bits per heavy atom. The summed E-state index contributed by atoms with van der Waals surface area (Å²) < 4.78 is 0. The molecule has 1 aliphatic carbocycles. The van der Waals surface area contributed by atoms with E-state index < -0.39 is 5.54 Å². The van der Waals surface area contributed by atoms with Gasteiger partial charge in [0.15, 0.2) is 0 Å². The third-order valence-corrected chi connectivity index (χ3v) is 5.70. The molecule has 2 atom stereocenters. The first-order valence-electron chi connectivity index (χ1n) is 9.30. The first-order chi connectivity index (χ1) is 12.0. The minimum Gasteiger partial charge on any atom is -0.357 e. The molecule has 1 aliphatic heterocycles. The molecule has 0 unspecified atom stereocenters. The second-order valence-electron chi connectivity index (χ2n) is 7.37. The number of aromatic nitrogens is 2. The van der Waals surface area contributed by atoms with Crippen LogP contribution in [0.1, 0.15) is 57.6 Å². The number of hydrogen-bond donors (Lipinski definition) is 3. The highest BCUT2D eigenvalue weighted by Gasteiger charge is 2.39. The van der Waals surface area contributed by atoms with Crippen molar-refractivity contribution in [1.82, 2.24) is 20.6 Å². The molecule has 2 fully saturated rings. The Labute approximate surface area is 154 Å². The number of amides is 1. The Balaban J connectivity index is 1.83. The second-order valence-corrected chi connectivity index (χ2v) is 7.75. The van der Waals surface area contributed by atoms with Crippen molar-refractivity contribution in [1.29, 1.82) is 0 Å². The largest absolute Gasteiger partial charge is 0.357 e. The number of nitrogens with zero attached hydrogens (tertiary/aromatic N) is 2. The van der Waals surface area contributed by atoms with E-state index in [0.717, 1.165) is 50.8 Å². The summed E-state index contributed by atoms with van der Waals surface area (Å²) >= 11 is 6.20. The molecule has 25 heavy (non-hydrogen) atoms.